The topological polar surface area (TPSA) is 96.5 Å². The first kappa shape index (κ1) is 16.4. The molecule has 1 aliphatic rings. The Balaban J connectivity index is 1.91. The lowest BCUT2D eigenvalue weighted by atomic mass is 9.93. The Bertz CT molecular complexity index is 507. The average Bonchev–Trinajstić information content (AvgIpc) is 2.99. The summed E-state index contributed by atoms with van der Waals surface area (Å²) in [5.74, 6) is -1.28. The lowest BCUT2D eigenvalue weighted by Gasteiger charge is -2.25. The van der Waals surface area contributed by atoms with E-state index in [1.165, 1.54) is 0 Å². The Hall–Kier alpha value is -1.95. The summed E-state index contributed by atoms with van der Waals surface area (Å²) in [6.07, 6.45) is 7.03. The predicted octanol–water partition coefficient (Wildman–Crippen LogP) is 1.05. The molecule has 22 heavy (non-hydrogen) atoms. The third kappa shape index (κ3) is 4.27. The molecule has 120 valence electrons. The summed E-state index contributed by atoms with van der Waals surface area (Å²) in [4.78, 5) is 29.1. The summed E-state index contributed by atoms with van der Waals surface area (Å²) in [5.41, 5.74) is 6.36. The normalized spacial score (nSPS) is 19.1. The molecule has 1 aromatic rings. The Morgan fingerprint density at radius 3 is 2.95 bits per heavy atom. The molecule has 0 aromatic carbocycles. The van der Waals surface area contributed by atoms with Crippen molar-refractivity contribution in [2.75, 3.05) is 13.1 Å². The fraction of sp³-hybridized carbons (Fsp3) is 0.562. The highest BCUT2D eigenvalue weighted by molar-refractivity contribution is 5.78. The summed E-state index contributed by atoms with van der Waals surface area (Å²) in [6.45, 7) is 0.760. The number of carboxylic acids is 1. The van der Waals surface area contributed by atoms with Crippen molar-refractivity contribution in [1.29, 1.82) is 0 Å². The summed E-state index contributed by atoms with van der Waals surface area (Å²) in [5, 5.41) is 9.41. The van der Waals surface area contributed by atoms with Crippen LogP contribution in [0.4, 0.5) is 0 Å². The molecular weight excluding hydrogens is 282 g/mol. The number of carbonyl (C=O) groups excluding carboxylic acids is 1. The number of nitrogens with zero attached hydrogens (tertiary/aromatic N) is 2. The number of aliphatic carboxylic acids is 1. The fourth-order valence-electron chi connectivity index (χ4n) is 3.09. The second-order valence-electron chi connectivity index (χ2n) is 5.77. The SMILES string of the molecule is NCC(=O)N1CCC[C@@H]1CC[C@@H](Cc1cccnc1)C(=O)O. The minimum absolute atomic E-state index is 0.0224. The molecule has 2 atom stereocenters. The van der Waals surface area contributed by atoms with Crippen molar-refractivity contribution in [3.05, 3.63) is 30.1 Å². The van der Waals surface area contributed by atoms with Crippen LogP contribution in [-0.2, 0) is 16.0 Å². The zero-order valence-electron chi connectivity index (χ0n) is 12.6. The van der Waals surface area contributed by atoms with E-state index in [1.54, 1.807) is 12.4 Å². The van der Waals surface area contributed by atoms with Gasteiger partial charge < -0.3 is 15.7 Å². The molecule has 0 unspecified atom stereocenters. The third-order valence-electron chi connectivity index (χ3n) is 4.27. The molecule has 1 aromatic heterocycles. The summed E-state index contributed by atoms with van der Waals surface area (Å²) >= 11 is 0. The number of carbonyl (C=O) groups is 2. The smallest absolute Gasteiger partial charge is 0.306 e. The van der Waals surface area contributed by atoms with Crippen LogP contribution in [0.3, 0.4) is 0 Å². The van der Waals surface area contributed by atoms with Crippen LogP contribution in [0.1, 0.15) is 31.2 Å². The molecule has 0 bridgehead atoms. The molecule has 6 heteroatoms. The molecule has 2 rings (SSSR count). The van der Waals surface area contributed by atoms with Crippen LogP contribution in [0.15, 0.2) is 24.5 Å². The van der Waals surface area contributed by atoms with Crippen molar-refractivity contribution >= 4 is 11.9 Å². The maximum absolute atomic E-state index is 11.8. The molecule has 1 fully saturated rings. The standard InChI is InChI=1S/C16H23N3O3/c17-10-15(20)19-8-2-4-14(19)6-5-13(16(21)22)9-12-3-1-7-18-11-12/h1,3,7,11,13-14H,2,4-6,8-10,17H2,(H,21,22)/t13-,14+/m0/s1. The van der Waals surface area contributed by atoms with Crippen LogP contribution >= 0.6 is 0 Å². The lowest BCUT2D eigenvalue weighted by molar-refractivity contribution is -0.142. The van der Waals surface area contributed by atoms with Crippen LogP contribution in [0.5, 0.6) is 0 Å². The van der Waals surface area contributed by atoms with Crippen LogP contribution in [0.25, 0.3) is 0 Å². The van der Waals surface area contributed by atoms with Gasteiger partial charge in [0.05, 0.1) is 12.5 Å². The Morgan fingerprint density at radius 2 is 2.32 bits per heavy atom. The zero-order chi connectivity index (χ0) is 15.9. The van der Waals surface area contributed by atoms with Gasteiger partial charge in [-0.2, -0.15) is 0 Å². The van der Waals surface area contributed by atoms with Crippen molar-refractivity contribution in [2.45, 2.75) is 38.1 Å². The minimum atomic E-state index is -0.793. The highest BCUT2D eigenvalue weighted by Crippen LogP contribution is 2.24. The number of rotatable bonds is 7. The number of likely N-dealkylation sites (tertiary alicyclic amines) is 1. The van der Waals surface area contributed by atoms with Gasteiger partial charge in [-0.1, -0.05) is 6.07 Å². The van der Waals surface area contributed by atoms with Gasteiger partial charge in [-0.05, 0) is 43.7 Å². The second-order valence-corrected chi connectivity index (χ2v) is 5.77. The van der Waals surface area contributed by atoms with Gasteiger partial charge in [0.15, 0.2) is 0 Å². The van der Waals surface area contributed by atoms with Crippen molar-refractivity contribution in [1.82, 2.24) is 9.88 Å². The van der Waals surface area contributed by atoms with Gasteiger partial charge >= 0.3 is 5.97 Å². The average molecular weight is 305 g/mol. The summed E-state index contributed by atoms with van der Waals surface area (Å²) < 4.78 is 0. The first-order chi connectivity index (χ1) is 10.6. The molecule has 3 N–H and O–H groups in total. The highest BCUT2D eigenvalue weighted by atomic mass is 16.4. The lowest BCUT2D eigenvalue weighted by Crippen LogP contribution is -2.39. The van der Waals surface area contributed by atoms with E-state index in [1.807, 2.05) is 17.0 Å². The van der Waals surface area contributed by atoms with E-state index in [-0.39, 0.29) is 18.5 Å². The van der Waals surface area contributed by atoms with Crippen molar-refractivity contribution in [3.8, 4) is 0 Å². The van der Waals surface area contributed by atoms with E-state index in [2.05, 4.69) is 4.98 Å². The van der Waals surface area contributed by atoms with E-state index in [4.69, 9.17) is 5.73 Å². The molecule has 0 radical (unpaired) electrons. The van der Waals surface area contributed by atoms with Gasteiger partial charge in [-0.25, -0.2) is 0 Å². The predicted molar refractivity (Wildman–Crippen MR) is 82.1 cm³/mol. The Kier molecular flexibility index (Phi) is 5.89. The largest absolute Gasteiger partial charge is 0.481 e. The molecule has 0 aliphatic carbocycles. The van der Waals surface area contributed by atoms with E-state index in [0.29, 0.717) is 19.3 Å². The van der Waals surface area contributed by atoms with E-state index < -0.39 is 11.9 Å². The van der Waals surface area contributed by atoms with Gasteiger partial charge in [0.2, 0.25) is 5.91 Å². The molecule has 0 spiro atoms. The van der Waals surface area contributed by atoms with Crippen LogP contribution in [0, 0.1) is 5.92 Å². The van der Waals surface area contributed by atoms with Crippen molar-refractivity contribution < 1.29 is 14.7 Å². The van der Waals surface area contributed by atoms with Crippen LogP contribution < -0.4 is 5.73 Å². The Labute approximate surface area is 130 Å². The van der Waals surface area contributed by atoms with E-state index in [9.17, 15) is 14.7 Å². The minimum Gasteiger partial charge on any atom is -0.481 e. The van der Waals surface area contributed by atoms with E-state index in [0.717, 1.165) is 24.9 Å². The van der Waals surface area contributed by atoms with Gasteiger partial charge in [-0.15, -0.1) is 0 Å². The first-order valence-corrected chi connectivity index (χ1v) is 7.73. The molecule has 0 saturated carbocycles. The van der Waals surface area contributed by atoms with Gasteiger partial charge in [0.25, 0.3) is 0 Å². The molecule has 1 saturated heterocycles. The maximum Gasteiger partial charge on any atom is 0.306 e. The molecule has 1 amide bonds. The number of carboxylic acid groups (broad SMARTS) is 1. The fourth-order valence-corrected chi connectivity index (χ4v) is 3.09. The third-order valence-corrected chi connectivity index (χ3v) is 4.27. The maximum atomic E-state index is 11.8. The number of pyridine rings is 1. The number of aromatic nitrogens is 1. The first-order valence-electron chi connectivity index (χ1n) is 7.73. The zero-order valence-corrected chi connectivity index (χ0v) is 12.6. The second kappa shape index (κ2) is 7.89. The quantitative estimate of drug-likeness (QED) is 0.785. The summed E-state index contributed by atoms with van der Waals surface area (Å²) in [6, 6.07) is 3.84. The number of nitrogens with two attached hydrogens (primary N) is 1. The molecule has 2 heterocycles. The molecule has 6 nitrogen and oxygen atoms in total. The highest BCUT2D eigenvalue weighted by Gasteiger charge is 2.29. The molecule has 1 aliphatic heterocycles. The van der Waals surface area contributed by atoms with Crippen molar-refractivity contribution in [3.63, 3.8) is 0 Å². The van der Waals surface area contributed by atoms with Crippen LogP contribution in [0.2, 0.25) is 0 Å². The monoisotopic (exact) mass is 305 g/mol. The number of hydrogen-bond acceptors (Lipinski definition) is 4. The summed E-state index contributed by atoms with van der Waals surface area (Å²) in [7, 11) is 0. The Morgan fingerprint density at radius 1 is 1.50 bits per heavy atom. The van der Waals surface area contributed by atoms with Crippen LogP contribution in [-0.4, -0.2) is 46.0 Å². The van der Waals surface area contributed by atoms with Gasteiger partial charge in [0, 0.05) is 25.0 Å². The van der Waals surface area contributed by atoms with E-state index >= 15 is 0 Å². The van der Waals surface area contributed by atoms with Gasteiger partial charge in [0.1, 0.15) is 0 Å². The molecular formula is C16H23N3O3. The van der Waals surface area contributed by atoms with Gasteiger partial charge in [-0.3, -0.25) is 14.6 Å². The van der Waals surface area contributed by atoms with Crippen molar-refractivity contribution in [2.24, 2.45) is 11.7 Å². The number of amides is 1. The number of hydrogen-bond donors (Lipinski definition) is 2.